The van der Waals surface area contributed by atoms with Crippen molar-refractivity contribution in [1.29, 1.82) is 0 Å². The second-order valence-electron chi connectivity index (χ2n) is 5.82. The number of carboxylic acids is 1. The predicted molar refractivity (Wildman–Crippen MR) is 85.2 cm³/mol. The first kappa shape index (κ1) is 18.4. The molecule has 0 bridgehead atoms. The second-order valence-corrected chi connectivity index (χ2v) is 5.82. The number of benzene rings is 1. The first-order chi connectivity index (χ1) is 10.7. The summed E-state index contributed by atoms with van der Waals surface area (Å²) < 4.78 is 0. The van der Waals surface area contributed by atoms with Gasteiger partial charge in [0.15, 0.2) is 0 Å². The van der Waals surface area contributed by atoms with E-state index < -0.39 is 22.3 Å². The highest BCUT2D eigenvalue weighted by atomic mass is 16.6. The molecule has 0 spiro atoms. The Balaban J connectivity index is 2.73. The number of aliphatic carboxylic acids is 1. The van der Waals surface area contributed by atoms with Gasteiger partial charge in [0.1, 0.15) is 5.69 Å². The molecule has 1 unspecified atom stereocenters. The number of carbonyl (C=O) groups excluding carboxylic acids is 1. The van der Waals surface area contributed by atoms with Crippen LogP contribution in [0.5, 0.6) is 0 Å². The van der Waals surface area contributed by atoms with E-state index in [-0.39, 0.29) is 30.3 Å². The van der Waals surface area contributed by atoms with Crippen molar-refractivity contribution in [2.75, 3.05) is 11.9 Å². The lowest BCUT2D eigenvalue weighted by atomic mass is 9.85. The number of carboxylic acid groups (broad SMARTS) is 1. The minimum Gasteiger partial charge on any atom is -0.481 e. The summed E-state index contributed by atoms with van der Waals surface area (Å²) in [4.78, 5) is 33.4. The van der Waals surface area contributed by atoms with E-state index in [0.29, 0.717) is 0 Å². The number of carbonyl (C=O) groups is 2. The molecule has 0 saturated heterocycles. The van der Waals surface area contributed by atoms with Crippen molar-refractivity contribution in [1.82, 2.24) is 5.32 Å². The summed E-state index contributed by atoms with van der Waals surface area (Å²) in [6.07, 6.45) is -0.206. The molecular formula is C15H21N3O5. The Morgan fingerprint density at radius 2 is 1.96 bits per heavy atom. The standard InChI is InChI=1S/C15H21N3O5/c1-10(2)15(3,8-14(20)21)17-13(19)9-16-11-6-4-5-7-12(11)18(22)23/h4-7,10,16H,8-9H2,1-3H3,(H,17,19)(H,20,21). The van der Waals surface area contributed by atoms with Gasteiger partial charge in [0.05, 0.1) is 23.4 Å². The summed E-state index contributed by atoms with van der Waals surface area (Å²) in [6.45, 7) is 5.11. The highest BCUT2D eigenvalue weighted by molar-refractivity contribution is 5.83. The first-order valence-corrected chi connectivity index (χ1v) is 7.16. The van der Waals surface area contributed by atoms with Gasteiger partial charge in [0, 0.05) is 6.07 Å². The van der Waals surface area contributed by atoms with E-state index >= 15 is 0 Å². The average molecular weight is 323 g/mol. The zero-order chi connectivity index (χ0) is 17.6. The van der Waals surface area contributed by atoms with Crippen LogP contribution in [0.4, 0.5) is 11.4 Å². The third-order valence-corrected chi connectivity index (χ3v) is 3.76. The van der Waals surface area contributed by atoms with Crippen molar-refractivity contribution in [3.8, 4) is 0 Å². The van der Waals surface area contributed by atoms with E-state index in [4.69, 9.17) is 5.11 Å². The number of nitro groups is 1. The molecule has 0 heterocycles. The number of anilines is 1. The van der Waals surface area contributed by atoms with E-state index in [2.05, 4.69) is 10.6 Å². The molecule has 23 heavy (non-hydrogen) atoms. The van der Waals surface area contributed by atoms with Crippen LogP contribution >= 0.6 is 0 Å². The molecular weight excluding hydrogens is 302 g/mol. The van der Waals surface area contributed by atoms with Crippen LogP contribution in [0.25, 0.3) is 0 Å². The van der Waals surface area contributed by atoms with Gasteiger partial charge in [-0.15, -0.1) is 0 Å². The van der Waals surface area contributed by atoms with Gasteiger partial charge in [-0.2, -0.15) is 0 Å². The van der Waals surface area contributed by atoms with E-state index in [9.17, 15) is 19.7 Å². The summed E-state index contributed by atoms with van der Waals surface area (Å²) in [7, 11) is 0. The number of hydrogen-bond donors (Lipinski definition) is 3. The van der Waals surface area contributed by atoms with Gasteiger partial charge in [-0.3, -0.25) is 19.7 Å². The Morgan fingerprint density at radius 3 is 2.48 bits per heavy atom. The molecule has 3 N–H and O–H groups in total. The average Bonchev–Trinajstić information content (AvgIpc) is 2.44. The molecule has 0 aliphatic heterocycles. The van der Waals surface area contributed by atoms with Gasteiger partial charge < -0.3 is 15.7 Å². The van der Waals surface area contributed by atoms with Crippen LogP contribution in [0.1, 0.15) is 27.2 Å². The second kappa shape index (κ2) is 7.57. The maximum atomic E-state index is 12.1. The molecule has 8 heteroatoms. The lowest BCUT2D eigenvalue weighted by Gasteiger charge is -2.33. The van der Waals surface area contributed by atoms with Crippen molar-refractivity contribution in [3.05, 3.63) is 34.4 Å². The first-order valence-electron chi connectivity index (χ1n) is 7.16. The van der Waals surface area contributed by atoms with Crippen LogP contribution in [0.3, 0.4) is 0 Å². The van der Waals surface area contributed by atoms with E-state index in [1.54, 1.807) is 13.0 Å². The molecule has 126 valence electrons. The van der Waals surface area contributed by atoms with Gasteiger partial charge in [0.25, 0.3) is 5.69 Å². The molecule has 1 amide bonds. The maximum Gasteiger partial charge on any atom is 0.305 e. The Morgan fingerprint density at radius 1 is 1.35 bits per heavy atom. The van der Waals surface area contributed by atoms with E-state index in [1.807, 2.05) is 13.8 Å². The van der Waals surface area contributed by atoms with Crippen molar-refractivity contribution < 1.29 is 19.6 Å². The largest absolute Gasteiger partial charge is 0.481 e. The van der Waals surface area contributed by atoms with Gasteiger partial charge >= 0.3 is 5.97 Å². The van der Waals surface area contributed by atoms with E-state index in [0.717, 1.165) is 0 Å². The Bertz CT molecular complexity index is 603. The fourth-order valence-electron chi connectivity index (χ4n) is 2.03. The highest BCUT2D eigenvalue weighted by Gasteiger charge is 2.32. The molecule has 0 radical (unpaired) electrons. The molecule has 1 aromatic carbocycles. The molecule has 0 aromatic heterocycles. The van der Waals surface area contributed by atoms with Crippen molar-refractivity contribution in [3.63, 3.8) is 0 Å². The quantitative estimate of drug-likeness (QED) is 0.497. The lowest BCUT2D eigenvalue weighted by molar-refractivity contribution is -0.383. The van der Waals surface area contributed by atoms with Crippen molar-refractivity contribution in [2.24, 2.45) is 5.92 Å². The van der Waals surface area contributed by atoms with Crippen LogP contribution in [0.2, 0.25) is 0 Å². The van der Waals surface area contributed by atoms with Gasteiger partial charge in [0.2, 0.25) is 5.91 Å². The monoisotopic (exact) mass is 323 g/mol. The normalized spacial score (nSPS) is 13.2. The van der Waals surface area contributed by atoms with E-state index in [1.165, 1.54) is 18.2 Å². The summed E-state index contributed by atoms with van der Waals surface area (Å²) in [5, 5.41) is 25.3. The molecule has 0 aliphatic carbocycles. The predicted octanol–water partition coefficient (Wildman–Crippen LogP) is 2.01. The Kier molecular flexibility index (Phi) is 6.06. The number of nitrogens with one attached hydrogen (secondary N) is 2. The maximum absolute atomic E-state index is 12.1. The fourth-order valence-corrected chi connectivity index (χ4v) is 2.03. The third kappa shape index (κ3) is 5.24. The summed E-state index contributed by atoms with van der Waals surface area (Å²) in [6, 6.07) is 6.00. The van der Waals surface area contributed by atoms with Gasteiger partial charge in [-0.25, -0.2) is 0 Å². The number of amides is 1. The number of rotatable bonds is 8. The van der Waals surface area contributed by atoms with Gasteiger partial charge in [-0.1, -0.05) is 26.0 Å². The number of hydrogen-bond acceptors (Lipinski definition) is 5. The Hall–Kier alpha value is -2.64. The molecule has 0 fully saturated rings. The number of nitrogens with zero attached hydrogens (tertiary/aromatic N) is 1. The summed E-state index contributed by atoms with van der Waals surface area (Å²) in [5.41, 5.74) is -0.790. The molecule has 8 nitrogen and oxygen atoms in total. The summed E-state index contributed by atoms with van der Waals surface area (Å²) in [5.74, 6) is -1.53. The number of para-hydroxylation sites is 2. The van der Waals surface area contributed by atoms with Crippen LogP contribution in [0, 0.1) is 16.0 Å². The highest BCUT2D eigenvalue weighted by Crippen LogP contribution is 2.23. The molecule has 0 saturated carbocycles. The minimum absolute atomic E-state index is 0.0892. The fraction of sp³-hybridized carbons (Fsp3) is 0.467. The third-order valence-electron chi connectivity index (χ3n) is 3.76. The Labute approximate surface area is 134 Å². The SMILES string of the molecule is CC(C)C(C)(CC(=O)O)NC(=O)CNc1ccccc1[N+](=O)[O-]. The zero-order valence-corrected chi connectivity index (χ0v) is 13.3. The topological polar surface area (TPSA) is 122 Å². The van der Waals surface area contributed by atoms with Crippen LogP contribution < -0.4 is 10.6 Å². The van der Waals surface area contributed by atoms with Crippen LogP contribution in [0.15, 0.2) is 24.3 Å². The van der Waals surface area contributed by atoms with Crippen molar-refractivity contribution >= 4 is 23.3 Å². The zero-order valence-electron chi connectivity index (χ0n) is 13.3. The molecule has 1 atom stereocenters. The number of nitro benzene ring substituents is 1. The smallest absolute Gasteiger partial charge is 0.305 e. The summed E-state index contributed by atoms with van der Waals surface area (Å²) >= 11 is 0. The van der Waals surface area contributed by atoms with Crippen LogP contribution in [-0.4, -0.2) is 34.0 Å². The van der Waals surface area contributed by atoms with Crippen molar-refractivity contribution in [2.45, 2.75) is 32.7 Å². The van der Waals surface area contributed by atoms with Gasteiger partial charge in [-0.05, 0) is 18.9 Å². The minimum atomic E-state index is -1.01. The van der Waals surface area contributed by atoms with Crippen LogP contribution in [-0.2, 0) is 9.59 Å². The molecule has 0 aliphatic rings. The molecule has 1 aromatic rings. The molecule has 1 rings (SSSR count). The lowest BCUT2D eigenvalue weighted by Crippen LogP contribution is -2.52.